The first kappa shape index (κ1) is 16.3. The number of hydrogen-bond acceptors (Lipinski definition) is 6. The van der Waals surface area contributed by atoms with Crippen molar-refractivity contribution in [1.82, 2.24) is 14.8 Å². The Bertz CT molecular complexity index is 876. The van der Waals surface area contributed by atoms with Crippen molar-refractivity contribution in [3.63, 3.8) is 0 Å². The van der Waals surface area contributed by atoms with Crippen LogP contribution in [-0.2, 0) is 11.5 Å². The smallest absolute Gasteiger partial charge is 0.179 e. The van der Waals surface area contributed by atoms with Gasteiger partial charge in [-0.05, 0) is 35.4 Å². The molecule has 0 atom stereocenters. The van der Waals surface area contributed by atoms with Gasteiger partial charge in [0.25, 0.3) is 0 Å². The number of nitrogens with zero attached hydrogens (tertiary/aromatic N) is 5. The molecule has 1 N–H and O–H groups in total. The summed E-state index contributed by atoms with van der Waals surface area (Å²) in [6.07, 6.45) is 1.55. The van der Waals surface area contributed by atoms with Gasteiger partial charge in [0.1, 0.15) is 19.0 Å². The molecule has 0 aliphatic heterocycles. The predicted molar refractivity (Wildman–Crippen MR) is 87.0 cm³/mol. The lowest BCUT2D eigenvalue weighted by atomic mass is 9.97. The van der Waals surface area contributed by atoms with Gasteiger partial charge >= 0.3 is 0 Å². The standard InChI is InChI=1S/C18H13N5O2/c19-9-13-1-5-15(6-2-13)18(16-7-3-14(10-20)4-8-16)23-12-21-17(22-23)11-25-24/h1-8,12,18,24H,11H2. The molecular weight excluding hydrogens is 318 g/mol. The maximum atomic E-state index is 8.98. The molecule has 0 aliphatic carbocycles. The van der Waals surface area contributed by atoms with Crippen LogP contribution >= 0.6 is 0 Å². The summed E-state index contributed by atoms with van der Waals surface area (Å²) in [7, 11) is 0. The third kappa shape index (κ3) is 3.54. The summed E-state index contributed by atoms with van der Waals surface area (Å²) in [5, 5.41) is 30.8. The number of rotatable bonds is 5. The van der Waals surface area contributed by atoms with Crippen LogP contribution in [0.4, 0.5) is 0 Å². The van der Waals surface area contributed by atoms with Crippen LogP contribution in [0.3, 0.4) is 0 Å². The van der Waals surface area contributed by atoms with Gasteiger partial charge in [0.2, 0.25) is 0 Å². The second kappa shape index (κ2) is 7.37. The van der Waals surface area contributed by atoms with Crippen molar-refractivity contribution < 1.29 is 10.1 Å². The van der Waals surface area contributed by atoms with Crippen LogP contribution in [0.5, 0.6) is 0 Å². The first-order chi connectivity index (χ1) is 12.2. The van der Waals surface area contributed by atoms with E-state index in [2.05, 4.69) is 27.1 Å². The number of hydrogen-bond donors (Lipinski definition) is 1. The molecule has 0 aliphatic rings. The molecule has 7 nitrogen and oxygen atoms in total. The lowest BCUT2D eigenvalue weighted by Gasteiger charge is -2.18. The Morgan fingerprint density at radius 2 is 1.48 bits per heavy atom. The zero-order chi connectivity index (χ0) is 17.6. The Balaban J connectivity index is 2.05. The van der Waals surface area contributed by atoms with E-state index in [1.54, 1.807) is 35.3 Å². The van der Waals surface area contributed by atoms with E-state index in [9.17, 15) is 0 Å². The van der Waals surface area contributed by atoms with Crippen molar-refractivity contribution in [2.24, 2.45) is 0 Å². The average molecular weight is 331 g/mol. The molecule has 0 bridgehead atoms. The second-order valence-electron chi connectivity index (χ2n) is 5.28. The molecule has 0 unspecified atom stereocenters. The Morgan fingerprint density at radius 3 is 1.92 bits per heavy atom. The summed E-state index contributed by atoms with van der Waals surface area (Å²) < 4.78 is 1.65. The summed E-state index contributed by atoms with van der Waals surface area (Å²) in [5.41, 5.74) is 2.95. The molecule has 1 heterocycles. The van der Waals surface area contributed by atoms with Crippen LogP contribution in [0.15, 0.2) is 54.9 Å². The van der Waals surface area contributed by atoms with Crippen LogP contribution < -0.4 is 0 Å². The van der Waals surface area contributed by atoms with E-state index in [4.69, 9.17) is 15.8 Å². The summed E-state index contributed by atoms with van der Waals surface area (Å²) in [4.78, 5) is 8.19. The number of aromatic nitrogens is 3. The minimum Gasteiger partial charge on any atom is -0.251 e. The van der Waals surface area contributed by atoms with Crippen LogP contribution in [0, 0.1) is 22.7 Å². The van der Waals surface area contributed by atoms with Crippen molar-refractivity contribution in [1.29, 1.82) is 10.5 Å². The van der Waals surface area contributed by atoms with Gasteiger partial charge in [-0.1, -0.05) is 24.3 Å². The van der Waals surface area contributed by atoms with E-state index < -0.39 is 0 Å². The molecule has 3 rings (SSSR count). The monoisotopic (exact) mass is 331 g/mol. The maximum Gasteiger partial charge on any atom is 0.179 e. The van der Waals surface area contributed by atoms with Gasteiger partial charge in [0.05, 0.1) is 23.3 Å². The Hall–Kier alpha value is -3.52. The van der Waals surface area contributed by atoms with Crippen LogP contribution in [-0.4, -0.2) is 20.0 Å². The van der Waals surface area contributed by atoms with Crippen molar-refractivity contribution in [2.45, 2.75) is 12.6 Å². The molecule has 3 aromatic rings. The zero-order valence-corrected chi connectivity index (χ0v) is 13.1. The SMILES string of the molecule is N#Cc1ccc(C(c2ccc(C#N)cc2)n2cnc(COO)n2)cc1. The van der Waals surface area contributed by atoms with Gasteiger partial charge in [-0.25, -0.2) is 14.6 Å². The molecule has 0 amide bonds. The van der Waals surface area contributed by atoms with Crippen LogP contribution in [0.1, 0.15) is 34.1 Å². The highest BCUT2D eigenvalue weighted by molar-refractivity contribution is 5.40. The summed E-state index contributed by atoms with van der Waals surface area (Å²) in [6, 6.07) is 18.3. The van der Waals surface area contributed by atoms with Gasteiger partial charge in [-0.3, -0.25) is 5.26 Å². The molecule has 0 fully saturated rings. The van der Waals surface area contributed by atoms with E-state index in [0.29, 0.717) is 17.0 Å². The Kier molecular flexibility index (Phi) is 4.82. The molecule has 0 radical (unpaired) electrons. The van der Waals surface area contributed by atoms with Gasteiger partial charge in [0.15, 0.2) is 5.82 Å². The molecule has 7 heteroatoms. The van der Waals surface area contributed by atoms with Gasteiger partial charge in [-0.15, -0.1) is 0 Å². The van der Waals surface area contributed by atoms with Crippen molar-refractivity contribution in [2.75, 3.05) is 0 Å². The van der Waals surface area contributed by atoms with Crippen molar-refractivity contribution >= 4 is 0 Å². The topological polar surface area (TPSA) is 108 Å². The fourth-order valence-electron chi connectivity index (χ4n) is 2.54. The molecular formula is C18H13N5O2. The van der Waals surface area contributed by atoms with Crippen LogP contribution in [0.25, 0.3) is 0 Å². The fraction of sp³-hybridized carbons (Fsp3) is 0.111. The van der Waals surface area contributed by atoms with E-state index in [1.165, 1.54) is 0 Å². The molecule has 1 aromatic heterocycles. The predicted octanol–water partition coefficient (Wildman–Crippen LogP) is 2.65. The quantitative estimate of drug-likeness (QED) is 0.569. The maximum absolute atomic E-state index is 8.98. The largest absolute Gasteiger partial charge is 0.251 e. The van der Waals surface area contributed by atoms with E-state index >= 15 is 0 Å². The van der Waals surface area contributed by atoms with Gasteiger partial charge in [-0.2, -0.15) is 15.6 Å². The Labute approximate surface area is 143 Å². The molecule has 0 saturated carbocycles. The zero-order valence-electron chi connectivity index (χ0n) is 13.1. The summed E-state index contributed by atoms with van der Waals surface area (Å²) in [6.45, 7) is -0.111. The number of nitriles is 2. The van der Waals surface area contributed by atoms with E-state index in [-0.39, 0.29) is 12.6 Å². The molecule has 0 spiro atoms. The highest BCUT2D eigenvalue weighted by atomic mass is 17.1. The minimum absolute atomic E-state index is 0.111. The lowest BCUT2D eigenvalue weighted by Crippen LogP contribution is -2.13. The normalized spacial score (nSPS) is 10.4. The van der Waals surface area contributed by atoms with Gasteiger partial charge in [0, 0.05) is 0 Å². The highest BCUT2D eigenvalue weighted by Crippen LogP contribution is 2.26. The minimum atomic E-state index is -0.291. The van der Waals surface area contributed by atoms with Crippen LogP contribution in [0.2, 0.25) is 0 Å². The fourth-order valence-corrected chi connectivity index (χ4v) is 2.54. The van der Waals surface area contributed by atoms with Crippen molar-refractivity contribution in [3.05, 3.63) is 82.9 Å². The molecule has 122 valence electrons. The molecule has 2 aromatic carbocycles. The second-order valence-corrected chi connectivity index (χ2v) is 5.28. The highest BCUT2D eigenvalue weighted by Gasteiger charge is 2.18. The molecule has 25 heavy (non-hydrogen) atoms. The average Bonchev–Trinajstić information content (AvgIpc) is 3.11. The first-order valence-corrected chi connectivity index (χ1v) is 7.41. The number of benzene rings is 2. The lowest BCUT2D eigenvalue weighted by molar-refractivity contribution is -0.254. The Morgan fingerprint density at radius 1 is 0.960 bits per heavy atom. The van der Waals surface area contributed by atoms with Gasteiger partial charge < -0.3 is 0 Å². The third-order valence-electron chi connectivity index (χ3n) is 3.73. The third-order valence-corrected chi connectivity index (χ3v) is 3.73. The summed E-state index contributed by atoms with van der Waals surface area (Å²) >= 11 is 0. The van der Waals surface area contributed by atoms with E-state index in [1.807, 2.05) is 24.3 Å². The first-order valence-electron chi connectivity index (χ1n) is 7.41. The van der Waals surface area contributed by atoms with E-state index in [0.717, 1.165) is 11.1 Å². The summed E-state index contributed by atoms with van der Waals surface area (Å²) in [5.74, 6) is 0.342. The van der Waals surface area contributed by atoms with Crippen molar-refractivity contribution in [3.8, 4) is 12.1 Å². The molecule has 0 saturated heterocycles.